The third kappa shape index (κ3) is 4.80. The van der Waals surface area contributed by atoms with E-state index < -0.39 is 0 Å². The van der Waals surface area contributed by atoms with Gasteiger partial charge in [-0.3, -0.25) is 9.58 Å². The number of methoxy groups -OCH3 is 1. The molecule has 1 aliphatic heterocycles. The van der Waals surface area contributed by atoms with E-state index in [4.69, 9.17) is 9.47 Å². The van der Waals surface area contributed by atoms with E-state index in [0.29, 0.717) is 12.6 Å². The highest BCUT2D eigenvalue weighted by Gasteiger charge is 2.31. The minimum Gasteiger partial charge on any atom is -0.383 e. The van der Waals surface area contributed by atoms with Crippen molar-refractivity contribution < 1.29 is 9.47 Å². The van der Waals surface area contributed by atoms with E-state index >= 15 is 0 Å². The Morgan fingerprint density at radius 2 is 2.33 bits per heavy atom. The first kappa shape index (κ1) is 16.5. The molecular weight excluding hydrogens is 266 g/mol. The fourth-order valence-electron chi connectivity index (χ4n) is 3.04. The van der Waals surface area contributed by atoms with Gasteiger partial charge in [0, 0.05) is 38.1 Å². The molecule has 0 radical (unpaired) electrons. The van der Waals surface area contributed by atoms with Gasteiger partial charge in [0.1, 0.15) is 0 Å². The van der Waals surface area contributed by atoms with Crippen LogP contribution in [-0.4, -0.2) is 53.2 Å². The average Bonchev–Trinajstić information content (AvgIpc) is 2.89. The van der Waals surface area contributed by atoms with E-state index in [9.17, 15) is 0 Å². The molecule has 0 aliphatic carbocycles. The maximum absolute atomic E-state index is 5.83. The number of nitrogens with zero attached hydrogens (tertiary/aromatic N) is 3. The van der Waals surface area contributed by atoms with Gasteiger partial charge in [0.2, 0.25) is 0 Å². The summed E-state index contributed by atoms with van der Waals surface area (Å²) in [5, 5.41) is 4.40. The Kier molecular flexibility index (Phi) is 5.79. The van der Waals surface area contributed by atoms with Crippen LogP contribution in [0.15, 0.2) is 12.4 Å². The second-order valence-corrected chi connectivity index (χ2v) is 6.42. The molecule has 21 heavy (non-hydrogen) atoms. The molecule has 0 bridgehead atoms. The first-order valence-electron chi connectivity index (χ1n) is 7.92. The van der Waals surface area contributed by atoms with E-state index in [1.165, 1.54) is 5.56 Å². The average molecular weight is 295 g/mol. The van der Waals surface area contributed by atoms with Crippen LogP contribution in [0.1, 0.15) is 39.2 Å². The summed E-state index contributed by atoms with van der Waals surface area (Å²) in [5.41, 5.74) is 1.27. The highest BCUT2D eigenvalue weighted by atomic mass is 16.5. The number of hydrogen-bond acceptors (Lipinski definition) is 4. The molecule has 0 spiro atoms. The second kappa shape index (κ2) is 7.38. The Morgan fingerprint density at radius 3 is 3.00 bits per heavy atom. The molecule has 1 atom stereocenters. The lowest BCUT2D eigenvalue weighted by Gasteiger charge is -2.40. The quantitative estimate of drug-likeness (QED) is 0.774. The number of hydrogen-bond donors (Lipinski definition) is 0. The summed E-state index contributed by atoms with van der Waals surface area (Å²) in [6.45, 7) is 11.0. The van der Waals surface area contributed by atoms with Crippen LogP contribution in [0.2, 0.25) is 0 Å². The zero-order chi connectivity index (χ0) is 15.3. The van der Waals surface area contributed by atoms with Gasteiger partial charge in [-0.05, 0) is 33.2 Å². The van der Waals surface area contributed by atoms with Crippen LogP contribution in [0.3, 0.4) is 0 Å². The van der Waals surface area contributed by atoms with Crippen molar-refractivity contribution in [2.24, 2.45) is 0 Å². The molecule has 1 aliphatic rings. The first-order valence-corrected chi connectivity index (χ1v) is 7.92. The van der Waals surface area contributed by atoms with Gasteiger partial charge in [-0.2, -0.15) is 5.10 Å². The van der Waals surface area contributed by atoms with Crippen LogP contribution in [0.25, 0.3) is 0 Å². The minimum absolute atomic E-state index is 0.00101. The normalized spacial score (nSPS) is 21.9. The zero-order valence-electron chi connectivity index (χ0n) is 13.8. The Balaban J connectivity index is 1.93. The van der Waals surface area contributed by atoms with Crippen molar-refractivity contribution in [3.63, 3.8) is 0 Å². The lowest BCUT2D eigenvalue weighted by molar-refractivity contribution is -0.0838. The maximum atomic E-state index is 5.83. The van der Waals surface area contributed by atoms with E-state index in [-0.39, 0.29) is 5.60 Å². The third-order valence-electron chi connectivity index (χ3n) is 4.19. The summed E-state index contributed by atoms with van der Waals surface area (Å²) >= 11 is 0. The summed E-state index contributed by atoms with van der Waals surface area (Å²) in [4.78, 5) is 2.54. The van der Waals surface area contributed by atoms with Crippen molar-refractivity contribution in [1.82, 2.24) is 14.7 Å². The van der Waals surface area contributed by atoms with E-state index in [0.717, 1.165) is 39.1 Å². The van der Waals surface area contributed by atoms with Crippen molar-refractivity contribution in [1.29, 1.82) is 0 Å². The summed E-state index contributed by atoms with van der Waals surface area (Å²) in [6.07, 6.45) is 6.32. The SMILES string of the molecule is CCN(Cc1cnn(CCOC)c1)C1CCOC(C)(C)C1. The summed E-state index contributed by atoms with van der Waals surface area (Å²) in [5.74, 6) is 0. The van der Waals surface area contributed by atoms with E-state index in [1.807, 2.05) is 10.9 Å². The van der Waals surface area contributed by atoms with Gasteiger partial charge in [-0.1, -0.05) is 6.92 Å². The smallest absolute Gasteiger partial charge is 0.0658 e. The molecular formula is C16H29N3O2. The largest absolute Gasteiger partial charge is 0.383 e. The molecule has 1 unspecified atom stereocenters. The number of rotatable bonds is 7. The molecule has 0 amide bonds. The lowest BCUT2D eigenvalue weighted by Crippen LogP contribution is -2.45. The molecule has 5 heteroatoms. The fraction of sp³-hybridized carbons (Fsp3) is 0.812. The van der Waals surface area contributed by atoms with Crippen molar-refractivity contribution in [3.05, 3.63) is 18.0 Å². The molecule has 2 heterocycles. The fourth-order valence-corrected chi connectivity index (χ4v) is 3.04. The van der Waals surface area contributed by atoms with Crippen LogP contribution >= 0.6 is 0 Å². The molecule has 0 N–H and O–H groups in total. The van der Waals surface area contributed by atoms with Crippen molar-refractivity contribution in [2.75, 3.05) is 26.9 Å². The molecule has 1 aromatic heterocycles. The van der Waals surface area contributed by atoms with Crippen LogP contribution in [-0.2, 0) is 22.6 Å². The van der Waals surface area contributed by atoms with Crippen molar-refractivity contribution >= 4 is 0 Å². The Bertz CT molecular complexity index is 431. The molecule has 1 aromatic rings. The molecule has 1 fully saturated rings. The summed E-state index contributed by atoms with van der Waals surface area (Å²) < 4.78 is 12.9. The summed E-state index contributed by atoms with van der Waals surface area (Å²) in [7, 11) is 1.72. The van der Waals surface area contributed by atoms with Gasteiger partial charge < -0.3 is 9.47 Å². The van der Waals surface area contributed by atoms with E-state index in [2.05, 4.69) is 37.0 Å². The molecule has 5 nitrogen and oxygen atoms in total. The predicted molar refractivity (Wildman–Crippen MR) is 83.2 cm³/mol. The molecule has 120 valence electrons. The van der Waals surface area contributed by atoms with Gasteiger partial charge in [-0.25, -0.2) is 0 Å². The van der Waals surface area contributed by atoms with Gasteiger partial charge in [0.05, 0.1) is 24.9 Å². The topological polar surface area (TPSA) is 39.5 Å². The minimum atomic E-state index is -0.00101. The molecule has 1 saturated heterocycles. The summed E-state index contributed by atoms with van der Waals surface area (Å²) in [6, 6.07) is 0.598. The predicted octanol–water partition coefficient (Wildman–Crippen LogP) is 2.31. The van der Waals surface area contributed by atoms with Crippen molar-refractivity contribution in [3.8, 4) is 0 Å². The van der Waals surface area contributed by atoms with Gasteiger partial charge in [0.25, 0.3) is 0 Å². The Morgan fingerprint density at radius 1 is 1.52 bits per heavy atom. The highest BCUT2D eigenvalue weighted by Crippen LogP contribution is 2.28. The van der Waals surface area contributed by atoms with Gasteiger partial charge in [0.15, 0.2) is 0 Å². The zero-order valence-corrected chi connectivity index (χ0v) is 13.8. The van der Waals surface area contributed by atoms with Crippen LogP contribution in [0.5, 0.6) is 0 Å². The number of aromatic nitrogens is 2. The van der Waals surface area contributed by atoms with Gasteiger partial charge >= 0.3 is 0 Å². The molecule has 2 rings (SSSR count). The van der Waals surface area contributed by atoms with Gasteiger partial charge in [-0.15, -0.1) is 0 Å². The van der Waals surface area contributed by atoms with Crippen LogP contribution < -0.4 is 0 Å². The number of ether oxygens (including phenoxy) is 2. The standard InChI is InChI=1S/C16H29N3O2/c1-5-18(15-6-8-21-16(2,3)10-15)12-14-11-17-19(13-14)7-9-20-4/h11,13,15H,5-10,12H2,1-4H3. The van der Waals surface area contributed by atoms with E-state index in [1.54, 1.807) is 7.11 Å². The highest BCUT2D eigenvalue weighted by molar-refractivity contribution is 5.04. The third-order valence-corrected chi connectivity index (χ3v) is 4.19. The maximum Gasteiger partial charge on any atom is 0.0658 e. The van der Waals surface area contributed by atoms with Crippen LogP contribution in [0.4, 0.5) is 0 Å². The van der Waals surface area contributed by atoms with Crippen LogP contribution in [0, 0.1) is 0 Å². The molecule has 0 saturated carbocycles. The second-order valence-electron chi connectivity index (χ2n) is 6.42. The van der Waals surface area contributed by atoms with Crippen molar-refractivity contribution in [2.45, 2.75) is 58.3 Å². The lowest BCUT2D eigenvalue weighted by atomic mass is 9.92. The first-order chi connectivity index (χ1) is 10.0. The molecule has 0 aromatic carbocycles. The Labute approximate surface area is 128 Å². The Hall–Kier alpha value is -0.910. The monoisotopic (exact) mass is 295 g/mol.